The Bertz CT molecular complexity index is 1140. The van der Waals surface area contributed by atoms with Gasteiger partial charge >= 0.3 is 0 Å². The number of carbonyl (C=O) groups excluding carboxylic acids is 3. The Morgan fingerprint density at radius 1 is 1.00 bits per heavy atom. The van der Waals surface area contributed by atoms with Crippen LogP contribution in [0.2, 0.25) is 0 Å². The van der Waals surface area contributed by atoms with Gasteiger partial charge in [-0.15, -0.1) is 0 Å². The fourth-order valence-electron chi connectivity index (χ4n) is 4.33. The number of nitrogens with one attached hydrogen (secondary N) is 2. The van der Waals surface area contributed by atoms with E-state index in [-0.39, 0.29) is 42.5 Å². The number of allylic oxidation sites excluding steroid dienone is 2. The van der Waals surface area contributed by atoms with E-state index in [1.165, 1.54) is 4.90 Å². The van der Waals surface area contributed by atoms with Gasteiger partial charge in [-0.2, -0.15) is 0 Å². The zero-order valence-corrected chi connectivity index (χ0v) is 16.9. The molecule has 2 aromatic carbocycles. The molecule has 1 aliphatic heterocycles. The van der Waals surface area contributed by atoms with E-state index in [4.69, 9.17) is 0 Å². The fourth-order valence-corrected chi connectivity index (χ4v) is 4.33. The second-order valence-electron chi connectivity index (χ2n) is 7.96. The monoisotopic (exact) mass is 414 g/mol. The molecule has 0 radical (unpaired) electrons. The Morgan fingerprint density at radius 2 is 1.68 bits per heavy atom. The average molecular weight is 414 g/mol. The SMILES string of the molecule is O=C(CCN1C(=O)[C@H]2CC=CC[C@@H]2C1=O)Nc1ccc(-c2nc3ccccc3[nH]2)cc1. The van der Waals surface area contributed by atoms with Crippen molar-refractivity contribution in [3.8, 4) is 11.4 Å². The third kappa shape index (κ3) is 3.63. The van der Waals surface area contributed by atoms with Crippen LogP contribution >= 0.6 is 0 Å². The highest BCUT2D eigenvalue weighted by Gasteiger charge is 2.46. The van der Waals surface area contributed by atoms with Gasteiger partial charge in [-0.1, -0.05) is 24.3 Å². The van der Waals surface area contributed by atoms with Crippen LogP contribution in [0, 0.1) is 11.8 Å². The number of nitrogens with zero attached hydrogens (tertiary/aromatic N) is 2. The van der Waals surface area contributed by atoms with E-state index in [2.05, 4.69) is 15.3 Å². The molecule has 0 bridgehead atoms. The van der Waals surface area contributed by atoms with Crippen molar-refractivity contribution in [2.75, 3.05) is 11.9 Å². The molecule has 2 atom stereocenters. The van der Waals surface area contributed by atoms with E-state index in [0.29, 0.717) is 18.5 Å². The lowest BCUT2D eigenvalue weighted by Crippen LogP contribution is -2.34. The molecule has 0 unspecified atom stereocenters. The predicted molar refractivity (Wildman–Crippen MR) is 117 cm³/mol. The smallest absolute Gasteiger partial charge is 0.233 e. The molecular formula is C24H22N4O3. The van der Waals surface area contributed by atoms with Crippen LogP contribution in [0.25, 0.3) is 22.4 Å². The average Bonchev–Trinajstić information content (AvgIpc) is 3.33. The van der Waals surface area contributed by atoms with Gasteiger partial charge in [-0.3, -0.25) is 19.3 Å². The Hall–Kier alpha value is -3.74. The van der Waals surface area contributed by atoms with Crippen molar-refractivity contribution in [2.24, 2.45) is 11.8 Å². The number of likely N-dealkylation sites (tertiary alicyclic amines) is 1. The molecule has 7 nitrogen and oxygen atoms in total. The van der Waals surface area contributed by atoms with Crippen LogP contribution in [0.4, 0.5) is 5.69 Å². The molecule has 1 aliphatic carbocycles. The van der Waals surface area contributed by atoms with Gasteiger partial charge in [-0.05, 0) is 49.2 Å². The van der Waals surface area contributed by atoms with E-state index in [0.717, 1.165) is 22.4 Å². The van der Waals surface area contributed by atoms with Crippen LogP contribution in [0.3, 0.4) is 0 Å². The number of hydrogen-bond acceptors (Lipinski definition) is 4. The van der Waals surface area contributed by atoms with Crippen molar-refractivity contribution < 1.29 is 14.4 Å². The zero-order chi connectivity index (χ0) is 21.4. The van der Waals surface area contributed by atoms with Crippen LogP contribution in [0.15, 0.2) is 60.7 Å². The van der Waals surface area contributed by atoms with Crippen molar-refractivity contribution in [2.45, 2.75) is 19.3 Å². The number of amides is 3. The molecule has 2 heterocycles. The van der Waals surface area contributed by atoms with E-state index >= 15 is 0 Å². The standard InChI is InChI=1S/C24H22N4O3/c29-21(13-14-28-23(30)17-5-1-2-6-18(17)24(28)31)25-16-11-9-15(10-12-16)22-26-19-7-3-4-8-20(19)27-22/h1-4,7-12,17-18H,5-6,13-14H2,(H,25,29)(H,26,27)/t17-,18-/m0/s1. The molecule has 0 spiro atoms. The maximum atomic E-state index is 12.5. The van der Waals surface area contributed by atoms with Crippen molar-refractivity contribution in [1.82, 2.24) is 14.9 Å². The summed E-state index contributed by atoms with van der Waals surface area (Å²) in [7, 11) is 0. The summed E-state index contributed by atoms with van der Waals surface area (Å²) in [6.45, 7) is 0.119. The van der Waals surface area contributed by atoms with Gasteiger partial charge in [-0.25, -0.2) is 4.98 Å². The second kappa shape index (κ2) is 7.83. The van der Waals surface area contributed by atoms with Gasteiger partial charge in [0.25, 0.3) is 0 Å². The summed E-state index contributed by atoms with van der Waals surface area (Å²) in [5.41, 5.74) is 3.44. The maximum Gasteiger partial charge on any atom is 0.233 e. The molecule has 5 rings (SSSR count). The lowest BCUT2D eigenvalue weighted by Gasteiger charge is -2.14. The molecule has 2 aliphatic rings. The fraction of sp³-hybridized carbons (Fsp3) is 0.250. The van der Waals surface area contributed by atoms with Crippen molar-refractivity contribution >= 4 is 34.4 Å². The molecule has 7 heteroatoms. The van der Waals surface area contributed by atoms with E-state index in [1.807, 2.05) is 60.7 Å². The minimum absolute atomic E-state index is 0.0790. The third-order valence-electron chi connectivity index (χ3n) is 5.99. The number of imide groups is 1. The third-order valence-corrected chi connectivity index (χ3v) is 5.99. The van der Waals surface area contributed by atoms with Crippen LogP contribution in [-0.2, 0) is 14.4 Å². The van der Waals surface area contributed by atoms with Gasteiger partial charge in [0.2, 0.25) is 17.7 Å². The number of imidazole rings is 1. The molecule has 0 saturated carbocycles. The number of fused-ring (bicyclic) bond motifs is 2. The molecule has 1 fully saturated rings. The molecule has 1 aromatic heterocycles. The second-order valence-corrected chi connectivity index (χ2v) is 7.96. The minimum atomic E-state index is -0.258. The van der Waals surface area contributed by atoms with Crippen molar-refractivity contribution in [3.05, 3.63) is 60.7 Å². The summed E-state index contributed by atoms with van der Waals surface area (Å²) in [5, 5.41) is 2.83. The molecule has 3 aromatic rings. The molecular weight excluding hydrogens is 392 g/mol. The number of H-pyrrole nitrogens is 1. The number of aromatic nitrogens is 2. The summed E-state index contributed by atoms with van der Waals surface area (Å²) in [6, 6.07) is 15.2. The van der Waals surface area contributed by atoms with E-state index in [9.17, 15) is 14.4 Å². The first kappa shape index (κ1) is 19.2. The zero-order valence-electron chi connectivity index (χ0n) is 16.9. The summed E-state index contributed by atoms with van der Waals surface area (Å²) >= 11 is 0. The van der Waals surface area contributed by atoms with Gasteiger partial charge in [0.15, 0.2) is 0 Å². The topological polar surface area (TPSA) is 95.2 Å². The summed E-state index contributed by atoms with van der Waals surface area (Å²) in [6.07, 6.45) is 5.20. The first-order valence-electron chi connectivity index (χ1n) is 10.5. The first-order valence-corrected chi connectivity index (χ1v) is 10.5. The lowest BCUT2D eigenvalue weighted by atomic mass is 9.85. The number of hydrogen-bond donors (Lipinski definition) is 2. The Kier molecular flexibility index (Phi) is 4.86. The highest BCUT2D eigenvalue weighted by molar-refractivity contribution is 6.05. The van der Waals surface area contributed by atoms with Crippen LogP contribution in [0.5, 0.6) is 0 Å². The van der Waals surface area contributed by atoms with Gasteiger partial charge in [0.1, 0.15) is 5.82 Å². The predicted octanol–water partition coefficient (Wildman–Crippen LogP) is 3.51. The highest BCUT2D eigenvalue weighted by Crippen LogP contribution is 2.35. The van der Waals surface area contributed by atoms with E-state index < -0.39 is 0 Å². The van der Waals surface area contributed by atoms with Crippen molar-refractivity contribution in [3.63, 3.8) is 0 Å². The Balaban J connectivity index is 1.19. The number of aromatic amines is 1. The maximum absolute atomic E-state index is 12.5. The summed E-state index contributed by atoms with van der Waals surface area (Å²) in [5.74, 6) is -0.284. The molecule has 31 heavy (non-hydrogen) atoms. The lowest BCUT2D eigenvalue weighted by molar-refractivity contribution is -0.140. The number of rotatable bonds is 5. The van der Waals surface area contributed by atoms with Gasteiger partial charge in [0.05, 0.1) is 22.9 Å². The minimum Gasteiger partial charge on any atom is -0.338 e. The van der Waals surface area contributed by atoms with Crippen molar-refractivity contribution in [1.29, 1.82) is 0 Å². The van der Waals surface area contributed by atoms with Gasteiger partial charge in [0, 0.05) is 24.2 Å². The molecule has 3 amide bonds. The van der Waals surface area contributed by atoms with Crippen LogP contribution in [0.1, 0.15) is 19.3 Å². The van der Waals surface area contributed by atoms with Crippen LogP contribution < -0.4 is 5.32 Å². The summed E-state index contributed by atoms with van der Waals surface area (Å²) < 4.78 is 0. The molecule has 156 valence electrons. The number of anilines is 1. The first-order chi connectivity index (χ1) is 15.1. The molecule has 1 saturated heterocycles. The largest absolute Gasteiger partial charge is 0.338 e. The number of carbonyl (C=O) groups is 3. The highest BCUT2D eigenvalue weighted by atomic mass is 16.2. The number of para-hydroxylation sites is 2. The quantitative estimate of drug-likeness (QED) is 0.493. The summed E-state index contributed by atoms with van der Waals surface area (Å²) in [4.78, 5) is 46.5. The van der Waals surface area contributed by atoms with Gasteiger partial charge < -0.3 is 10.3 Å². The molecule has 2 N–H and O–H groups in total. The van der Waals surface area contributed by atoms with E-state index in [1.54, 1.807) is 0 Å². The van der Waals surface area contributed by atoms with Crippen LogP contribution in [-0.4, -0.2) is 39.1 Å². The Morgan fingerprint density at radius 3 is 2.35 bits per heavy atom. The Labute approximate surface area is 179 Å². The normalized spacial score (nSPS) is 20.3. The number of benzene rings is 2.